The number of carboxylic acids is 1. The molecule has 1 heterocycles. The third kappa shape index (κ3) is 4.58. The Morgan fingerprint density at radius 1 is 1.29 bits per heavy atom. The first-order valence-electron chi connectivity index (χ1n) is 7.10. The fourth-order valence-electron chi connectivity index (χ4n) is 2.67. The molecule has 0 amide bonds. The summed E-state index contributed by atoms with van der Waals surface area (Å²) >= 11 is 12.2. The van der Waals surface area contributed by atoms with E-state index >= 15 is 0 Å². The first kappa shape index (κ1) is 16.6. The van der Waals surface area contributed by atoms with E-state index in [1.807, 2.05) is 12.1 Å². The minimum Gasteiger partial charge on any atom is -0.481 e. The van der Waals surface area contributed by atoms with Gasteiger partial charge in [-0.2, -0.15) is 0 Å². The highest BCUT2D eigenvalue weighted by Gasteiger charge is 2.23. The number of aliphatic carboxylic acids is 1. The first-order chi connectivity index (χ1) is 9.97. The van der Waals surface area contributed by atoms with Gasteiger partial charge >= 0.3 is 5.97 Å². The molecular weight excluding hydrogens is 311 g/mol. The summed E-state index contributed by atoms with van der Waals surface area (Å²) in [5.74, 6) is -0.737. The van der Waals surface area contributed by atoms with Crippen LogP contribution in [-0.4, -0.2) is 53.6 Å². The summed E-state index contributed by atoms with van der Waals surface area (Å²) in [7, 11) is 0. The molecule has 0 aromatic heterocycles. The van der Waals surface area contributed by atoms with Gasteiger partial charge in [-0.15, -0.1) is 0 Å². The standard InChI is InChI=1S/C15H20Cl2N2O2/c1-11(13-3-2-12(16)10-14(13)17)19-8-6-18(7-9-19)5-4-15(20)21/h2-3,10-11H,4-9H2,1H3,(H,20,21). The molecule has 1 aromatic rings. The van der Waals surface area contributed by atoms with E-state index in [1.165, 1.54) is 0 Å². The van der Waals surface area contributed by atoms with E-state index in [4.69, 9.17) is 28.3 Å². The van der Waals surface area contributed by atoms with E-state index in [1.54, 1.807) is 6.07 Å². The summed E-state index contributed by atoms with van der Waals surface area (Å²) in [6, 6.07) is 5.85. The predicted octanol–water partition coefficient (Wildman–Crippen LogP) is 3.15. The Balaban J connectivity index is 1.90. The number of benzene rings is 1. The first-order valence-corrected chi connectivity index (χ1v) is 7.86. The van der Waals surface area contributed by atoms with Crippen LogP contribution in [0.1, 0.15) is 24.9 Å². The van der Waals surface area contributed by atoms with Crippen molar-refractivity contribution in [2.75, 3.05) is 32.7 Å². The summed E-state index contributed by atoms with van der Waals surface area (Å²) in [6.07, 6.45) is 0.207. The Morgan fingerprint density at radius 3 is 2.52 bits per heavy atom. The summed E-state index contributed by atoms with van der Waals surface area (Å²) in [5.41, 5.74) is 1.08. The van der Waals surface area contributed by atoms with Crippen molar-refractivity contribution in [2.45, 2.75) is 19.4 Å². The topological polar surface area (TPSA) is 43.8 Å². The number of hydrogen-bond acceptors (Lipinski definition) is 3. The molecule has 4 nitrogen and oxygen atoms in total. The van der Waals surface area contributed by atoms with Crippen LogP contribution in [-0.2, 0) is 4.79 Å². The van der Waals surface area contributed by atoms with Gasteiger partial charge in [-0.3, -0.25) is 9.69 Å². The number of rotatable bonds is 5. The van der Waals surface area contributed by atoms with Crippen molar-refractivity contribution in [3.63, 3.8) is 0 Å². The Bertz CT molecular complexity index is 502. The lowest BCUT2D eigenvalue weighted by Crippen LogP contribution is -2.47. The summed E-state index contributed by atoms with van der Waals surface area (Å²) in [6.45, 7) is 6.38. The lowest BCUT2D eigenvalue weighted by atomic mass is 10.1. The van der Waals surface area contributed by atoms with Crippen LogP contribution in [0.3, 0.4) is 0 Å². The molecule has 21 heavy (non-hydrogen) atoms. The number of halogens is 2. The molecule has 1 atom stereocenters. The molecule has 1 aromatic carbocycles. The van der Waals surface area contributed by atoms with Crippen LogP contribution in [0.2, 0.25) is 10.0 Å². The van der Waals surface area contributed by atoms with Crippen molar-refractivity contribution in [3.05, 3.63) is 33.8 Å². The fraction of sp³-hybridized carbons (Fsp3) is 0.533. The summed E-state index contributed by atoms with van der Waals surface area (Å²) in [5, 5.41) is 10.1. The highest BCUT2D eigenvalue weighted by molar-refractivity contribution is 6.35. The zero-order valence-corrected chi connectivity index (χ0v) is 13.6. The largest absolute Gasteiger partial charge is 0.481 e. The van der Waals surface area contributed by atoms with Gasteiger partial charge in [0.05, 0.1) is 6.42 Å². The van der Waals surface area contributed by atoms with E-state index in [0.717, 1.165) is 31.7 Å². The highest BCUT2D eigenvalue weighted by atomic mass is 35.5. The molecule has 0 bridgehead atoms. The summed E-state index contributed by atoms with van der Waals surface area (Å²) < 4.78 is 0. The second kappa shape index (κ2) is 7.45. The number of nitrogens with zero attached hydrogens (tertiary/aromatic N) is 2. The van der Waals surface area contributed by atoms with Crippen molar-refractivity contribution in [1.82, 2.24) is 9.80 Å². The van der Waals surface area contributed by atoms with E-state index in [9.17, 15) is 4.79 Å². The monoisotopic (exact) mass is 330 g/mol. The molecular formula is C15H20Cl2N2O2. The quantitative estimate of drug-likeness (QED) is 0.900. The van der Waals surface area contributed by atoms with E-state index in [2.05, 4.69) is 16.7 Å². The molecule has 1 aliphatic heterocycles. The lowest BCUT2D eigenvalue weighted by Gasteiger charge is -2.38. The van der Waals surface area contributed by atoms with Crippen molar-refractivity contribution in [2.24, 2.45) is 0 Å². The third-order valence-electron chi connectivity index (χ3n) is 4.01. The average Bonchev–Trinajstić information content (AvgIpc) is 2.45. The zero-order valence-electron chi connectivity index (χ0n) is 12.1. The Kier molecular flexibility index (Phi) is 5.88. The minimum absolute atomic E-state index is 0.207. The Hall–Kier alpha value is -0.810. The van der Waals surface area contributed by atoms with Crippen LogP contribution in [0.15, 0.2) is 18.2 Å². The van der Waals surface area contributed by atoms with Crippen molar-refractivity contribution in [1.29, 1.82) is 0 Å². The van der Waals surface area contributed by atoms with Crippen LogP contribution in [0, 0.1) is 0 Å². The molecule has 1 aliphatic rings. The van der Waals surface area contributed by atoms with Crippen LogP contribution >= 0.6 is 23.2 Å². The molecule has 1 N–H and O–H groups in total. The molecule has 0 aliphatic carbocycles. The molecule has 0 spiro atoms. The fourth-order valence-corrected chi connectivity index (χ4v) is 3.23. The van der Waals surface area contributed by atoms with Crippen molar-refractivity contribution < 1.29 is 9.90 Å². The maximum absolute atomic E-state index is 10.6. The van der Waals surface area contributed by atoms with Crippen LogP contribution in [0.4, 0.5) is 0 Å². The van der Waals surface area contributed by atoms with Gasteiger partial charge in [0, 0.05) is 48.8 Å². The van der Waals surface area contributed by atoms with Gasteiger partial charge < -0.3 is 10.0 Å². The molecule has 116 valence electrons. The van der Waals surface area contributed by atoms with Gasteiger partial charge in [-0.1, -0.05) is 29.3 Å². The normalized spacial score (nSPS) is 18.6. The number of piperazine rings is 1. The molecule has 6 heteroatoms. The predicted molar refractivity (Wildman–Crippen MR) is 85.1 cm³/mol. The molecule has 1 saturated heterocycles. The molecule has 1 fully saturated rings. The number of carboxylic acid groups (broad SMARTS) is 1. The number of hydrogen-bond donors (Lipinski definition) is 1. The second-order valence-corrected chi connectivity index (χ2v) is 6.21. The van der Waals surface area contributed by atoms with Gasteiger partial charge in [0.25, 0.3) is 0 Å². The number of carbonyl (C=O) groups is 1. The van der Waals surface area contributed by atoms with Crippen molar-refractivity contribution >= 4 is 29.2 Å². The van der Waals surface area contributed by atoms with E-state index in [0.29, 0.717) is 16.6 Å². The second-order valence-electron chi connectivity index (χ2n) is 5.36. The van der Waals surface area contributed by atoms with Crippen LogP contribution < -0.4 is 0 Å². The SMILES string of the molecule is CC(c1ccc(Cl)cc1Cl)N1CCN(CCC(=O)O)CC1. The van der Waals surface area contributed by atoms with Gasteiger partial charge in [-0.25, -0.2) is 0 Å². The van der Waals surface area contributed by atoms with Crippen LogP contribution in [0.25, 0.3) is 0 Å². The van der Waals surface area contributed by atoms with Gasteiger partial charge in [-0.05, 0) is 24.6 Å². The van der Waals surface area contributed by atoms with Crippen molar-refractivity contribution in [3.8, 4) is 0 Å². The van der Waals surface area contributed by atoms with E-state index < -0.39 is 5.97 Å². The maximum Gasteiger partial charge on any atom is 0.304 e. The Labute approximate surface area is 135 Å². The van der Waals surface area contributed by atoms with Gasteiger partial charge in [0.1, 0.15) is 0 Å². The van der Waals surface area contributed by atoms with E-state index in [-0.39, 0.29) is 12.5 Å². The zero-order chi connectivity index (χ0) is 15.4. The molecule has 0 radical (unpaired) electrons. The van der Waals surface area contributed by atoms with Crippen LogP contribution in [0.5, 0.6) is 0 Å². The highest BCUT2D eigenvalue weighted by Crippen LogP contribution is 2.30. The lowest BCUT2D eigenvalue weighted by molar-refractivity contribution is -0.137. The van der Waals surface area contributed by atoms with Gasteiger partial charge in [0.2, 0.25) is 0 Å². The average molecular weight is 331 g/mol. The van der Waals surface area contributed by atoms with Gasteiger partial charge in [0.15, 0.2) is 0 Å². The third-order valence-corrected chi connectivity index (χ3v) is 4.57. The minimum atomic E-state index is -0.737. The molecule has 0 saturated carbocycles. The summed E-state index contributed by atoms with van der Waals surface area (Å²) in [4.78, 5) is 15.2. The Morgan fingerprint density at radius 2 is 1.95 bits per heavy atom. The maximum atomic E-state index is 10.6. The molecule has 1 unspecified atom stereocenters. The smallest absolute Gasteiger partial charge is 0.304 e. The molecule has 2 rings (SSSR count).